The van der Waals surface area contributed by atoms with Crippen LogP contribution in [0.3, 0.4) is 0 Å². The van der Waals surface area contributed by atoms with Crippen molar-refractivity contribution in [2.75, 3.05) is 52.1 Å². The van der Waals surface area contributed by atoms with Crippen LogP contribution in [0.5, 0.6) is 0 Å². The Morgan fingerprint density at radius 2 is 1.62 bits per heavy atom. The van der Waals surface area contributed by atoms with Gasteiger partial charge < -0.3 is 21.3 Å². The predicted molar refractivity (Wildman–Crippen MR) is 137 cm³/mol. The van der Waals surface area contributed by atoms with Gasteiger partial charge in [0.1, 0.15) is 11.0 Å². The van der Waals surface area contributed by atoms with Crippen LogP contribution in [0.25, 0.3) is 11.4 Å². The number of carbonyl (C=O) groups excluding carboxylic acids is 1. The van der Waals surface area contributed by atoms with Gasteiger partial charge in [0.2, 0.25) is 0 Å². The normalized spacial score (nSPS) is 13.6. The lowest BCUT2D eigenvalue weighted by molar-refractivity contribution is 0.262. The molecule has 0 radical (unpaired) electrons. The van der Waals surface area contributed by atoms with Crippen molar-refractivity contribution in [3.8, 4) is 11.4 Å². The number of hydrogen-bond donors (Lipinski definition) is 3. The highest BCUT2D eigenvalue weighted by atomic mass is 35.5. The minimum Gasteiger partial charge on any atom is -0.383 e. The molecule has 0 atom stereocenters. The molecule has 1 aliphatic rings. The Balaban J connectivity index is 1.37. The van der Waals surface area contributed by atoms with E-state index in [0.717, 1.165) is 35.8 Å². The van der Waals surface area contributed by atoms with E-state index in [2.05, 4.69) is 25.5 Å². The number of carbonyl (C=O) groups is 1. The Hall–Kier alpha value is -2.62. The Labute approximate surface area is 200 Å². The largest absolute Gasteiger partial charge is 0.383 e. The van der Waals surface area contributed by atoms with Crippen molar-refractivity contribution in [1.82, 2.24) is 9.97 Å². The molecule has 1 fully saturated rings. The molecule has 4 rings (SSSR count). The number of nitrogens with one attached hydrogen (secondary N) is 2. The Morgan fingerprint density at radius 3 is 2.19 bits per heavy atom. The summed E-state index contributed by atoms with van der Waals surface area (Å²) < 4.78 is 0. The highest BCUT2D eigenvalue weighted by Gasteiger charge is 2.13. The van der Waals surface area contributed by atoms with E-state index in [1.165, 1.54) is 17.4 Å². The first-order valence-corrected chi connectivity index (χ1v) is 12.8. The van der Waals surface area contributed by atoms with Crippen molar-refractivity contribution in [3.05, 3.63) is 53.7 Å². The molecule has 0 aliphatic carbocycles. The van der Waals surface area contributed by atoms with Gasteiger partial charge in [-0.3, -0.25) is 0 Å². The Morgan fingerprint density at radius 1 is 1.03 bits per heavy atom. The van der Waals surface area contributed by atoms with Crippen molar-refractivity contribution in [2.45, 2.75) is 4.90 Å². The molecular weight excluding hydrogens is 464 g/mol. The molecule has 2 heterocycles. The standard InChI is InChI=1S/C22H23ClN6OS2/c1-31-18-19(23)27-21(28-20(18)24)14-2-4-15(5-3-14)25-22(30)26-16-6-8-17(9-7-16)29-10-12-32-13-11-29/h2-9H,10-13H2,1H3,(H2,24,27,28)(H2,25,26,30). The van der Waals surface area contributed by atoms with E-state index in [1.54, 1.807) is 12.1 Å². The molecule has 1 aliphatic heterocycles. The van der Waals surface area contributed by atoms with Crippen LogP contribution in [-0.4, -0.2) is 46.9 Å². The van der Waals surface area contributed by atoms with Crippen LogP contribution >= 0.6 is 35.1 Å². The van der Waals surface area contributed by atoms with Gasteiger partial charge in [0, 0.05) is 47.2 Å². The van der Waals surface area contributed by atoms with Gasteiger partial charge in [-0.2, -0.15) is 11.8 Å². The lowest BCUT2D eigenvalue weighted by Gasteiger charge is -2.28. The summed E-state index contributed by atoms with van der Waals surface area (Å²) in [5, 5.41) is 6.02. The fraction of sp³-hybridized carbons (Fsp3) is 0.227. The van der Waals surface area contributed by atoms with Gasteiger partial charge >= 0.3 is 6.03 Å². The highest BCUT2D eigenvalue weighted by Crippen LogP contribution is 2.31. The predicted octanol–water partition coefficient (Wildman–Crippen LogP) is 5.30. The number of aromatic nitrogens is 2. The topological polar surface area (TPSA) is 96.2 Å². The summed E-state index contributed by atoms with van der Waals surface area (Å²) in [4.78, 5) is 24.0. The van der Waals surface area contributed by atoms with Crippen LogP contribution in [0.1, 0.15) is 0 Å². The molecule has 1 saturated heterocycles. The van der Waals surface area contributed by atoms with Gasteiger partial charge in [0.25, 0.3) is 0 Å². The highest BCUT2D eigenvalue weighted by molar-refractivity contribution is 7.99. The number of urea groups is 1. The van der Waals surface area contributed by atoms with E-state index in [1.807, 2.05) is 54.4 Å². The number of benzene rings is 2. The van der Waals surface area contributed by atoms with Crippen molar-refractivity contribution >= 4 is 64.0 Å². The first-order chi connectivity index (χ1) is 15.5. The molecule has 0 bridgehead atoms. The zero-order chi connectivity index (χ0) is 22.5. The molecule has 10 heteroatoms. The monoisotopic (exact) mass is 486 g/mol. The molecule has 0 unspecified atom stereocenters. The zero-order valence-corrected chi connectivity index (χ0v) is 19.9. The third-order valence-electron chi connectivity index (χ3n) is 4.96. The van der Waals surface area contributed by atoms with Gasteiger partial charge in [-0.05, 0) is 54.8 Å². The summed E-state index contributed by atoms with van der Waals surface area (Å²) in [6.45, 7) is 2.11. The minimum atomic E-state index is -0.312. The molecule has 2 aromatic carbocycles. The number of amides is 2. The van der Waals surface area contributed by atoms with Crippen LogP contribution in [0, 0.1) is 0 Å². The van der Waals surface area contributed by atoms with Gasteiger partial charge in [-0.1, -0.05) is 11.6 Å². The van der Waals surface area contributed by atoms with Gasteiger partial charge in [0.15, 0.2) is 5.82 Å². The molecule has 0 spiro atoms. The van der Waals surface area contributed by atoms with Gasteiger partial charge in [-0.25, -0.2) is 14.8 Å². The quantitative estimate of drug-likeness (QED) is 0.332. The summed E-state index contributed by atoms with van der Waals surface area (Å²) in [6, 6.07) is 14.8. The summed E-state index contributed by atoms with van der Waals surface area (Å²) in [7, 11) is 0. The SMILES string of the molecule is CSc1c(N)nc(-c2ccc(NC(=O)Nc3ccc(N4CCSCC4)cc3)cc2)nc1Cl. The van der Waals surface area contributed by atoms with Crippen LogP contribution in [0.15, 0.2) is 53.4 Å². The smallest absolute Gasteiger partial charge is 0.323 e. The molecular formula is C22H23ClN6OS2. The van der Waals surface area contributed by atoms with Crippen molar-refractivity contribution in [3.63, 3.8) is 0 Å². The van der Waals surface area contributed by atoms with E-state index in [0.29, 0.717) is 27.4 Å². The van der Waals surface area contributed by atoms with Gasteiger partial charge in [0.05, 0.1) is 4.90 Å². The van der Waals surface area contributed by atoms with Crippen LogP contribution < -0.4 is 21.3 Å². The third-order valence-corrected chi connectivity index (χ3v) is 7.10. The first kappa shape index (κ1) is 22.6. The van der Waals surface area contributed by atoms with Crippen molar-refractivity contribution < 1.29 is 4.79 Å². The number of nitrogen functional groups attached to an aromatic ring is 1. The van der Waals surface area contributed by atoms with Crippen LogP contribution in [0.4, 0.5) is 27.7 Å². The van der Waals surface area contributed by atoms with E-state index < -0.39 is 0 Å². The molecule has 1 aromatic heterocycles. The van der Waals surface area contributed by atoms with Crippen molar-refractivity contribution in [1.29, 1.82) is 0 Å². The van der Waals surface area contributed by atoms with Crippen LogP contribution in [-0.2, 0) is 0 Å². The molecule has 32 heavy (non-hydrogen) atoms. The average molecular weight is 487 g/mol. The number of hydrogen-bond acceptors (Lipinski definition) is 7. The maximum Gasteiger partial charge on any atom is 0.323 e. The average Bonchev–Trinajstić information content (AvgIpc) is 2.80. The lowest BCUT2D eigenvalue weighted by atomic mass is 10.2. The van der Waals surface area contributed by atoms with E-state index in [4.69, 9.17) is 17.3 Å². The second-order valence-electron chi connectivity index (χ2n) is 7.06. The molecule has 2 amide bonds. The summed E-state index contributed by atoms with van der Waals surface area (Å²) >= 11 is 9.58. The Kier molecular flexibility index (Phi) is 7.29. The summed E-state index contributed by atoms with van der Waals surface area (Å²) in [5.74, 6) is 3.08. The van der Waals surface area contributed by atoms with E-state index in [9.17, 15) is 4.79 Å². The van der Waals surface area contributed by atoms with Gasteiger partial charge in [-0.15, -0.1) is 11.8 Å². The fourth-order valence-corrected chi connectivity index (χ4v) is 5.11. The fourth-order valence-electron chi connectivity index (χ4n) is 3.33. The minimum absolute atomic E-state index is 0.312. The number of rotatable bonds is 5. The molecule has 4 N–H and O–H groups in total. The Bertz CT molecular complexity index is 1070. The van der Waals surface area contributed by atoms with E-state index >= 15 is 0 Å². The first-order valence-electron chi connectivity index (χ1n) is 10.0. The van der Waals surface area contributed by atoms with Crippen LogP contribution in [0.2, 0.25) is 5.15 Å². The van der Waals surface area contributed by atoms with E-state index in [-0.39, 0.29) is 6.03 Å². The third kappa shape index (κ3) is 5.40. The molecule has 0 saturated carbocycles. The number of anilines is 4. The second-order valence-corrected chi connectivity index (χ2v) is 9.46. The molecule has 166 valence electrons. The maximum absolute atomic E-state index is 12.4. The summed E-state index contributed by atoms with van der Waals surface area (Å²) in [6.07, 6.45) is 1.87. The number of nitrogens with two attached hydrogens (primary N) is 1. The lowest BCUT2D eigenvalue weighted by Crippen LogP contribution is -2.32. The second kappa shape index (κ2) is 10.3. The van der Waals surface area contributed by atoms with Crippen molar-refractivity contribution in [2.24, 2.45) is 0 Å². The zero-order valence-electron chi connectivity index (χ0n) is 17.5. The summed E-state index contributed by atoms with van der Waals surface area (Å²) in [5.41, 5.74) is 9.28. The number of nitrogens with zero attached hydrogens (tertiary/aromatic N) is 3. The molecule has 3 aromatic rings. The molecule has 7 nitrogen and oxygen atoms in total. The number of halogens is 1. The number of thioether (sulfide) groups is 2. The maximum atomic E-state index is 12.4.